The number of hydrogen-bond acceptors (Lipinski definition) is 3. The summed E-state index contributed by atoms with van der Waals surface area (Å²) in [5.74, 6) is -0.123. The summed E-state index contributed by atoms with van der Waals surface area (Å²) in [5, 5.41) is 12.3. The van der Waals surface area contributed by atoms with E-state index < -0.39 is 16.3 Å². The van der Waals surface area contributed by atoms with Crippen LogP contribution in [-0.4, -0.2) is 24.7 Å². The van der Waals surface area contributed by atoms with Crippen LogP contribution in [0.4, 0.5) is 5.82 Å². The van der Waals surface area contributed by atoms with E-state index in [-0.39, 0.29) is 16.7 Å². The summed E-state index contributed by atoms with van der Waals surface area (Å²) in [4.78, 5) is 3.45. The van der Waals surface area contributed by atoms with Gasteiger partial charge in [-0.1, -0.05) is 70.9 Å². The first-order valence-electron chi connectivity index (χ1n) is 10.4. The molecule has 0 spiro atoms. The summed E-state index contributed by atoms with van der Waals surface area (Å²) >= 11 is 3.48. The number of nitrogens with one attached hydrogen (secondary N) is 1. The molecule has 5 rings (SSSR count). The zero-order valence-corrected chi connectivity index (χ0v) is 20.1. The Kier molecular flexibility index (Phi) is 5.15. The number of fused-ring (bicyclic) bond motifs is 3. The molecule has 1 aliphatic rings. The normalized spacial score (nSPS) is 21.0. The van der Waals surface area contributed by atoms with Gasteiger partial charge in [0.25, 0.3) is 10.0 Å². The average molecular weight is 511 g/mol. The number of sulfonamides is 1. The molecule has 0 bridgehead atoms. The first-order chi connectivity index (χ1) is 15.3. The Morgan fingerprint density at radius 3 is 2.31 bits per heavy atom. The standard InChI is InChI=1S/C25H23BrN2O3S/c1-15-7-13-19(14-8-15)32(30,31)28-24-23(20-5-3-4-6-21(20)27-24)22(16(2)25(28)29)17-9-11-18(26)12-10-17/h3-14,16,22,25,27,29H,1-2H3/t16-,22+,25-/m1/s1. The van der Waals surface area contributed by atoms with E-state index in [1.54, 1.807) is 24.3 Å². The van der Waals surface area contributed by atoms with Gasteiger partial charge in [0, 0.05) is 32.8 Å². The van der Waals surface area contributed by atoms with Gasteiger partial charge in [0.05, 0.1) is 4.90 Å². The lowest BCUT2D eigenvalue weighted by atomic mass is 9.78. The summed E-state index contributed by atoms with van der Waals surface area (Å²) in [7, 11) is -3.99. The van der Waals surface area contributed by atoms with E-state index in [9.17, 15) is 13.5 Å². The third kappa shape index (κ3) is 3.27. The Morgan fingerprint density at radius 2 is 1.62 bits per heavy atom. The van der Waals surface area contributed by atoms with E-state index in [0.29, 0.717) is 5.82 Å². The largest absolute Gasteiger partial charge is 0.372 e. The first kappa shape index (κ1) is 21.2. The highest BCUT2D eigenvalue weighted by Gasteiger charge is 2.46. The van der Waals surface area contributed by atoms with Crippen molar-refractivity contribution in [2.75, 3.05) is 4.31 Å². The minimum atomic E-state index is -3.99. The van der Waals surface area contributed by atoms with Crippen LogP contribution in [0, 0.1) is 12.8 Å². The van der Waals surface area contributed by atoms with Gasteiger partial charge in [0.2, 0.25) is 0 Å². The Hall–Kier alpha value is -2.61. The first-order valence-corrected chi connectivity index (χ1v) is 12.7. The second kappa shape index (κ2) is 7.76. The molecule has 0 amide bonds. The van der Waals surface area contributed by atoms with Gasteiger partial charge in [-0.15, -0.1) is 0 Å². The van der Waals surface area contributed by atoms with Gasteiger partial charge in [0.15, 0.2) is 0 Å². The number of anilines is 1. The predicted octanol–water partition coefficient (Wildman–Crippen LogP) is 5.53. The Balaban J connectivity index is 1.77. The molecule has 3 aromatic carbocycles. The summed E-state index contributed by atoms with van der Waals surface area (Å²) in [5.41, 5.74) is 3.72. The highest BCUT2D eigenvalue weighted by molar-refractivity contribution is 9.10. The maximum Gasteiger partial charge on any atom is 0.267 e. The lowest BCUT2D eigenvalue weighted by Gasteiger charge is -2.41. The fourth-order valence-corrected chi connectivity index (χ4v) is 6.48. The smallest absolute Gasteiger partial charge is 0.267 e. The number of aryl methyl sites for hydroxylation is 1. The number of aromatic nitrogens is 1. The molecule has 0 aliphatic carbocycles. The van der Waals surface area contributed by atoms with E-state index >= 15 is 0 Å². The SMILES string of the molecule is Cc1ccc(S(=O)(=O)N2c3[nH]c4ccccc4c3[C@H](c3ccc(Br)cc3)[C@@H](C)[C@H]2O)cc1. The van der Waals surface area contributed by atoms with Crippen LogP contribution < -0.4 is 4.31 Å². The zero-order chi connectivity index (χ0) is 22.6. The van der Waals surface area contributed by atoms with E-state index in [2.05, 4.69) is 20.9 Å². The number of aliphatic hydroxyl groups excluding tert-OH is 1. The Morgan fingerprint density at radius 1 is 0.969 bits per heavy atom. The van der Waals surface area contributed by atoms with E-state index in [4.69, 9.17) is 0 Å². The molecule has 32 heavy (non-hydrogen) atoms. The average Bonchev–Trinajstić information content (AvgIpc) is 3.14. The molecular weight excluding hydrogens is 488 g/mol. The summed E-state index contributed by atoms with van der Waals surface area (Å²) in [6, 6.07) is 22.5. The van der Waals surface area contributed by atoms with Crippen molar-refractivity contribution in [3.8, 4) is 0 Å². The number of aliphatic hydroxyl groups is 1. The fraction of sp³-hybridized carbons (Fsp3) is 0.200. The third-order valence-electron chi connectivity index (χ3n) is 6.30. The summed E-state index contributed by atoms with van der Waals surface area (Å²) in [6.07, 6.45) is -1.23. The second-order valence-corrected chi connectivity index (χ2v) is 11.1. The van der Waals surface area contributed by atoms with Crippen LogP contribution in [-0.2, 0) is 10.0 Å². The molecule has 7 heteroatoms. The Labute approximate surface area is 195 Å². The molecule has 0 fully saturated rings. The summed E-state index contributed by atoms with van der Waals surface area (Å²) in [6.45, 7) is 3.81. The van der Waals surface area contributed by atoms with Gasteiger partial charge in [-0.25, -0.2) is 12.7 Å². The van der Waals surface area contributed by atoms with Crippen LogP contribution in [0.15, 0.2) is 82.2 Å². The molecule has 2 N–H and O–H groups in total. The third-order valence-corrected chi connectivity index (χ3v) is 8.61. The number of H-pyrrole nitrogens is 1. The van der Waals surface area contributed by atoms with Crippen LogP contribution >= 0.6 is 15.9 Å². The minimum absolute atomic E-state index is 0.154. The highest BCUT2D eigenvalue weighted by Crippen LogP contribution is 2.49. The van der Waals surface area contributed by atoms with Gasteiger partial charge in [-0.2, -0.15) is 0 Å². The van der Waals surface area contributed by atoms with E-state index in [1.165, 1.54) is 0 Å². The quantitative estimate of drug-likeness (QED) is 0.380. The molecular formula is C25H23BrN2O3S. The number of halogens is 1. The monoisotopic (exact) mass is 510 g/mol. The van der Waals surface area contributed by atoms with Crippen LogP contribution in [0.1, 0.15) is 29.5 Å². The molecule has 5 nitrogen and oxygen atoms in total. The number of hydrogen-bond donors (Lipinski definition) is 2. The van der Waals surface area contributed by atoms with Crippen LogP contribution in [0.2, 0.25) is 0 Å². The maximum atomic E-state index is 13.7. The lowest BCUT2D eigenvalue weighted by molar-refractivity contribution is 0.112. The fourth-order valence-electron chi connectivity index (χ4n) is 4.65. The van der Waals surface area contributed by atoms with Gasteiger partial charge < -0.3 is 10.1 Å². The molecule has 2 heterocycles. The minimum Gasteiger partial charge on any atom is -0.372 e. The predicted molar refractivity (Wildman–Crippen MR) is 130 cm³/mol. The number of aromatic amines is 1. The van der Waals surface area contributed by atoms with Crippen molar-refractivity contribution in [2.45, 2.75) is 30.9 Å². The Bertz CT molecular complexity index is 1400. The van der Waals surface area contributed by atoms with Gasteiger partial charge in [0.1, 0.15) is 12.0 Å². The van der Waals surface area contributed by atoms with Crippen molar-refractivity contribution in [2.24, 2.45) is 5.92 Å². The molecule has 0 radical (unpaired) electrons. The molecule has 0 saturated heterocycles. The van der Waals surface area contributed by atoms with Gasteiger partial charge in [-0.05, 0) is 42.8 Å². The second-order valence-electron chi connectivity index (χ2n) is 8.35. The lowest BCUT2D eigenvalue weighted by Crippen LogP contribution is -2.49. The molecule has 0 saturated carbocycles. The van der Waals surface area contributed by atoms with Gasteiger partial charge in [-0.3, -0.25) is 0 Å². The molecule has 164 valence electrons. The van der Waals surface area contributed by atoms with Crippen LogP contribution in [0.5, 0.6) is 0 Å². The van der Waals surface area contributed by atoms with Crippen molar-refractivity contribution in [3.63, 3.8) is 0 Å². The van der Waals surface area contributed by atoms with Gasteiger partial charge >= 0.3 is 0 Å². The molecule has 0 unspecified atom stereocenters. The number of benzene rings is 3. The number of nitrogens with zero attached hydrogens (tertiary/aromatic N) is 1. The zero-order valence-electron chi connectivity index (χ0n) is 17.7. The van der Waals surface area contributed by atoms with Crippen molar-refractivity contribution in [1.29, 1.82) is 0 Å². The highest BCUT2D eigenvalue weighted by atomic mass is 79.9. The molecule has 1 aromatic heterocycles. The van der Waals surface area contributed by atoms with E-state index in [0.717, 1.165) is 36.4 Å². The molecule has 4 aromatic rings. The summed E-state index contributed by atoms with van der Waals surface area (Å²) < 4.78 is 29.6. The molecule has 1 aliphatic heterocycles. The van der Waals surface area contributed by atoms with Crippen molar-refractivity contribution in [3.05, 3.63) is 94.0 Å². The van der Waals surface area contributed by atoms with E-state index in [1.807, 2.05) is 62.4 Å². The van der Waals surface area contributed by atoms with Crippen molar-refractivity contribution < 1.29 is 13.5 Å². The molecule has 3 atom stereocenters. The number of para-hydroxylation sites is 1. The van der Waals surface area contributed by atoms with Crippen LogP contribution in [0.25, 0.3) is 10.9 Å². The van der Waals surface area contributed by atoms with Crippen LogP contribution in [0.3, 0.4) is 0 Å². The van der Waals surface area contributed by atoms with Crippen molar-refractivity contribution in [1.82, 2.24) is 4.98 Å². The number of rotatable bonds is 3. The maximum absolute atomic E-state index is 13.7. The van der Waals surface area contributed by atoms with Crippen molar-refractivity contribution >= 4 is 42.7 Å². The topological polar surface area (TPSA) is 73.4 Å².